The van der Waals surface area contributed by atoms with Gasteiger partial charge in [0.1, 0.15) is 5.78 Å². The average Bonchev–Trinajstić information content (AvgIpc) is 3.36. The fourth-order valence-corrected chi connectivity index (χ4v) is 8.53. The van der Waals surface area contributed by atoms with Crippen LogP contribution in [0.15, 0.2) is 4.99 Å². The third-order valence-corrected chi connectivity index (χ3v) is 10.4. The monoisotopic (exact) mass is 416 g/mol. The van der Waals surface area contributed by atoms with Crippen molar-refractivity contribution in [3.63, 3.8) is 0 Å². The van der Waals surface area contributed by atoms with Crippen LogP contribution in [-0.2, 0) is 4.79 Å². The Morgan fingerprint density at radius 2 is 1.93 bits per heavy atom. The third-order valence-electron chi connectivity index (χ3n) is 10.4. The lowest BCUT2D eigenvalue weighted by atomic mass is 9.42. The zero-order valence-electron chi connectivity index (χ0n) is 18.8. The van der Waals surface area contributed by atoms with Gasteiger partial charge in [-0.05, 0) is 93.0 Å². The second-order valence-electron chi connectivity index (χ2n) is 11.6. The lowest BCUT2D eigenvalue weighted by molar-refractivity contribution is -0.188. The van der Waals surface area contributed by atoms with Crippen LogP contribution in [0, 0.1) is 46.3 Å². The molecule has 4 aliphatic carbocycles. The summed E-state index contributed by atoms with van der Waals surface area (Å²) in [6, 6.07) is 0. The molecule has 5 aliphatic rings. The summed E-state index contributed by atoms with van der Waals surface area (Å²) in [6.07, 6.45) is 7.46. The van der Waals surface area contributed by atoms with Gasteiger partial charge < -0.3 is 15.5 Å². The van der Waals surface area contributed by atoms with Crippen molar-refractivity contribution in [2.75, 3.05) is 26.2 Å². The molecule has 0 spiro atoms. The molecule has 5 heteroatoms. The van der Waals surface area contributed by atoms with Gasteiger partial charge in [0.05, 0.1) is 6.10 Å². The van der Waals surface area contributed by atoms with Crippen LogP contribution >= 0.6 is 0 Å². The Hall–Kier alpha value is -0.780. The number of aliphatic imine (C=N–C) groups is 1. The molecule has 1 saturated heterocycles. The van der Waals surface area contributed by atoms with Crippen LogP contribution in [0.2, 0.25) is 0 Å². The van der Waals surface area contributed by atoms with Crippen LogP contribution in [0.25, 0.3) is 0 Å². The molecule has 3 N–H and O–H groups in total. The van der Waals surface area contributed by atoms with Gasteiger partial charge in [-0.2, -0.15) is 0 Å². The summed E-state index contributed by atoms with van der Waals surface area (Å²) in [4.78, 5) is 17.7. The van der Waals surface area contributed by atoms with E-state index in [1.807, 2.05) is 0 Å². The Bertz CT molecular complexity index is 717. The average molecular weight is 417 g/mol. The number of hydrogen-bond donors (Lipinski definition) is 3. The van der Waals surface area contributed by atoms with Crippen molar-refractivity contribution < 1.29 is 15.0 Å². The Balaban J connectivity index is 1.41. The summed E-state index contributed by atoms with van der Waals surface area (Å²) in [6.45, 7) is 7.75. The molecule has 9 unspecified atom stereocenters. The number of carbonyl (C=O) groups excluding carboxylic acids is 1. The first-order valence-corrected chi connectivity index (χ1v) is 12.4. The molecule has 0 amide bonds. The Labute approximate surface area is 181 Å². The first kappa shape index (κ1) is 21.1. The predicted octanol–water partition coefficient (Wildman–Crippen LogP) is 2.84. The number of aliphatic hydroxyl groups is 2. The van der Waals surface area contributed by atoms with Crippen LogP contribution in [0.5, 0.6) is 0 Å². The van der Waals surface area contributed by atoms with Crippen molar-refractivity contribution in [2.24, 2.45) is 51.3 Å². The SMILES string of the molecule is CC12CCC3C(C(O)C(CO)C4CC(=NCC5CCNC5)CCC43C)C1CCC2=O. The van der Waals surface area contributed by atoms with Gasteiger partial charge in [0.2, 0.25) is 0 Å². The largest absolute Gasteiger partial charge is 0.396 e. The van der Waals surface area contributed by atoms with Crippen LogP contribution in [0.3, 0.4) is 0 Å². The fraction of sp³-hybridized carbons (Fsp3) is 0.920. The van der Waals surface area contributed by atoms with Crippen molar-refractivity contribution in [2.45, 2.75) is 71.3 Å². The molecular weight excluding hydrogens is 376 g/mol. The number of hydrogen-bond acceptors (Lipinski definition) is 5. The fourth-order valence-electron chi connectivity index (χ4n) is 8.53. The number of nitrogens with one attached hydrogen (secondary N) is 1. The van der Waals surface area contributed by atoms with Gasteiger partial charge in [0.25, 0.3) is 0 Å². The van der Waals surface area contributed by atoms with Crippen molar-refractivity contribution in [1.82, 2.24) is 5.32 Å². The molecule has 168 valence electrons. The third kappa shape index (κ3) is 3.06. The maximum Gasteiger partial charge on any atom is 0.139 e. The summed E-state index contributed by atoms with van der Waals surface area (Å²) in [7, 11) is 0. The molecule has 4 saturated carbocycles. The number of Topliss-reactive ketones (excluding diaryl/α,β-unsaturated/α-hetero) is 1. The molecule has 1 heterocycles. The molecule has 0 aromatic rings. The van der Waals surface area contributed by atoms with Gasteiger partial charge >= 0.3 is 0 Å². The summed E-state index contributed by atoms with van der Waals surface area (Å²) in [5.41, 5.74) is 1.20. The highest BCUT2D eigenvalue weighted by Gasteiger charge is 2.64. The summed E-state index contributed by atoms with van der Waals surface area (Å²) < 4.78 is 0. The molecule has 5 fully saturated rings. The number of fused-ring (bicyclic) bond motifs is 5. The van der Waals surface area contributed by atoms with Crippen molar-refractivity contribution in [1.29, 1.82) is 0 Å². The highest BCUT2D eigenvalue weighted by atomic mass is 16.3. The minimum atomic E-state index is -0.494. The van der Waals surface area contributed by atoms with Gasteiger partial charge in [0, 0.05) is 36.6 Å². The van der Waals surface area contributed by atoms with E-state index in [0.29, 0.717) is 30.0 Å². The van der Waals surface area contributed by atoms with E-state index >= 15 is 0 Å². The van der Waals surface area contributed by atoms with Crippen LogP contribution in [0.4, 0.5) is 0 Å². The standard InChI is InChI=1S/C25H40N2O3/c1-24-8-5-16(27-13-15-7-10-26-12-15)11-20(24)17(14-28)23(30)22-18-3-4-21(29)25(18,2)9-6-19(22)24/h15,17-20,22-23,26,28,30H,3-14H2,1-2H3. The molecule has 0 aromatic heterocycles. The molecule has 5 rings (SSSR count). The second-order valence-corrected chi connectivity index (χ2v) is 11.6. The minimum Gasteiger partial charge on any atom is -0.396 e. The van der Waals surface area contributed by atoms with E-state index < -0.39 is 6.10 Å². The zero-order chi connectivity index (χ0) is 21.1. The number of carbonyl (C=O) groups is 1. The lowest BCUT2D eigenvalue weighted by Gasteiger charge is -2.63. The van der Waals surface area contributed by atoms with E-state index in [-0.39, 0.29) is 35.2 Å². The van der Waals surface area contributed by atoms with Crippen LogP contribution in [0.1, 0.15) is 65.2 Å². The van der Waals surface area contributed by atoms with Gasteiger partial charge in [-0.3, -0.25) is 9.79 Å². The van der Waals surface area contributed by atoms with Crippen molar-refractivity contribution in [3.8, 4) is 0 Å². The number of aliphatic hydroxyl groups excluding tert-OH is 2. The van der Waals surface area contributed by atoms with Gasteiger partial charge in [-0.1, -0.05) is 13.8 Å². The van der Waals surface area contributed by atoms with Crippen molar-refractivity contribution >= 4 is 11.5 Å². The quantitative estimate of drug-likeness (QED) is 0.661. The van der Waals surface area contributed by atoms with Crippen LogP contribution < -0.4 is 5.32 Å². The smallest absolute Gasteiger partial charge is 0.139 e. The molecule has 0 bridgehead atoms. The molecule has 5 nitrogen and oxygen atoms in total. The topological polar surface area (TPSA) is 81.9 Å². The highest BCUT2D eigenvalue weighted by Crippen LogP contribution is 2.66. The zero-order valence-corrected chi connectivity index (χ0v) is 18.8. The summed E-state index contributed by atoms with van der Waals surface area (Å²) >= 11 is 0. The summed E-state index contributed by atoms with van der Waals surface area (Å²) in [5.74, 6) is 2.20. The number of rotatable bonds is 3. The Kier molecular flexibility index (Phi) is 5.39. The van der Waals surface area contributed by atoms with Crippen molar-refractivity contribution in [3.05, 3.63) is 0 Å². The second kappa shape index (κ2) is 7.67. The van der Waals surface area contributed by atoms with E-state index in [1.165, 1.54) is 12.1 Å². The Morgan fingerprint density at radius 3 is 2.67 bits per heavy atom. The molecular formula is C25H40N2O3. The highest BCUT2D eigenvalue weighted by molar-refractivity contribution is 5.87. The maximum atomic E-state index is 12.7. The Morgan fingerprint density at radius 1 is 1.10 bits per heavy atom. The molecule has 30 heavy (non-hydrogen) atoms. The molecule has 0 radical (unpaired) electrons. The normalized spacial score (nSPS) is 52.2. The molecule has 0 aromatic carbocycles. The van der Waals surface area contributed by atoms with E-state index in [4.69, 9.17) is 4.99 Å². The maximum absolute atomic E-state index is 12.7. The predicted molar refractivity (Wildman–Crippen MR) is 117 cm³/mol. The molecule has 9 atom stereocenters. The van der Waals surface area contributed by atoms with Gasteiger partial charge in [-0.15, -0.1) is 0 Å². The van der Waals surface area contributed by atoms with Crippen LogP contribution in [-0.4, -0.2) is 54.1 Å². The van der Waals surface area contributed by atoms with Gasteiger partial charge in [-0.25, -0.2) is 0 Å². The molecule has 1 aliphatic heterocycles. The van der Waals surface area contributed by atoms with E-state index in [2.05, 4.69) is 19.2 Å². The number of ketones is 1. The summed E-state index contributed by atoms with van der Waals surface area (Å²) in [5, 5.41) is 25.3. The lowest BCUT2D eigenvalue weighted by Crippen LogP contribution is -2.62. The van der Waals surface area contributed by atoms with E-state index in [1.54, 1.807) is 0 Å². The minimum absolute atomic E-state index is 0.0435. The first-order chi connectivity index (χ1) is 14.4. The van der Waals surface area contributed by atoms with Gasteiger partial charge in [0.15, 0.2) is 0 Å². The number of nitrogens with zero attached hydrogens (tertiary/aromatic N) is 1. The first-order valence-electron chi connectivity index (χ1n) is 12.4. The van der Waals surface area contributed by atoms with E-state index in [9.17, 15) is 15.0 Å². The van der Waals surface area contributed by atoms with E-state index in [0.717, 1.165) is 58.2 Å².